The summed E-state index contributed by atoms with van der Waals surface area (Å²) in [6.07, 6.45) is 2.46. The molecule has 7 heteroatoms. The summed E-state index contributed by atoms with van der Waals surface area (Å²) >= 11 is 0. The second-order valence-electron chi connectivity index (χ2n) is 5.89. The monoisotopic (exact) mass is 439 g/mol. The Morgan fingerprint density at radius 1 is 1.30 bits per heavy atom. The van der Waals surface area contributed by atoms with Crippen LogP contribution in [0.2, 0.25) is 0 Å². The molecule has 1 fully saturated rings. The number of rotatable bonds is 7. The third-order valence-corrected chi connectivity index (χ3v) is 4.31. The van der Waals surface area contributed by atoms with Crippen LogP contribution in [0.4, 0.5) is 0 Å². The Bertz CT molecular complexity index is 373. The maximum Gasteiger partial charge on any atom is 0.242 e. The van der Waals surface area contributed by atoms with Gasteiger partial charge >= 0.3 is 0 Å². The van der Waals surface area contributed by atoms with Gasteiger partial charge < -0.3 is 20.0 Å². The molecule has 1 N–H and O–H groups in total. The van der Waals surface area contributed by atoms with Crippen molar-refractivity contribution in [2.75, 3.05) is 53.4 Å². The van der Waals surface area contributed by atoms with Gasteiger partial charge in [0.25, 0.3) is 0 Å². The number of nitrogens with one attached hydrogen (secondary N) is 1. The van der Waals surface area contributed by atoms with E-state index in [-0.39, 0.29) is 29.9 Å². The van der Waals surface area contributed by atoms with E-state index in [2.05, 4.69) is 24.2 Å². The van der Waals surface area contributed by atoms with Gasteiger partial charge in [-0.3, -0.25) is 9.79 Å². The van der Waals surface area contributed by atoms with Gasteiger partial charge in [0.05, 0.1) is 13.1 Å². The van der Waals surface area contributed by atoms with Crippen molar-refractivity contribution in [1.82, 2.24) is 20.0 Å². The van der Waals surface area contributed by atoms with E-state index >= 15 is 0 Å². The van der Waals surface area contributed by atoms with Crippen LogP contribution in [0.3, 0.4) is 0 Å². The number of likely N-dealkylation sites (N-methyl/N-ethyl adjacent to an activating group) is 3. The van der Waals surface area contributed by atoms with Gasteiger partial charge in [-0.1, -0.05) is 0 Å². The fourth-order valence-corrected chi connectivity index (χ4v) is 2.83. The summed E-state index contributed by atoms with van der Waals surface area (Å²) < 4.78 is 0. The topological polar surface area (TPSA) is 51.2 Å². The van der Waals surface area contributed by atoms with Gasteiger partial charge in [0.15, 0.2) is 5.96 Å². The second kappa shape index (κ2) is 11.9. The molecule has 1 aliphatic rings. The lowest BCUT2D eigenvalue weighted by molar-refractivity contribution is -0.131. The van der Waals surface area contributed by atoms with Crippen LogP contribution < -0.4 is 5.32 Å². The molecule has 1 atom stereocenters. The van der Waals surface area contributed by atoms with Gasteiger partial charge in [-0.2, -0.15) is 0 Å². The number of aliphatic imine (C=N–C) groups is 1. The Kier molecular flexibility index (Phi) is 11.6. The maximum atomic E-state index is 12.2. The smallest absolute Gasteiger partial charge is 0.242 e. The van der Waals surface area contributed by atoms with Crippen molar-refractivity contribution >= 4 is 35.8 Å². The van der Waals surface area contributed by atoms with Crippen molar-refractivity contribution in [3.63, 3.8) is 0 Å². The standard InChI is InChI=1S/C16H33N5O.HI/c1-6-17-16(18-12-14-10-9-11-19(14)4)20(5)13-15(22)21(7-2)8-3;/h14H,6-13H2,1-5H3,(H,17,18);1H. The van der Waals surface area contributed by atoms with Gasteiger partial charge in [0.1, 0.15) is 0 Å². The summed E-state index contributed by atoms with van der Waals surface area (Å²) in [6, 6.07) is 0.528. The first kappa shape index (κ1) is 22.4. The number of halogens is 1. The first-order valence-electron chi connectivity index (χ1n) is 8.50. The number of hydrogen-bond donors (Lipinski definition) is 1. The summed E-state index contributed by atoms with van der Waals surface area (Å²) in [5.41, 5.74) is 0. The van der Waals surface area contributed by atoms with Crippen LogP contribution in [0, 0.1) is 0 Å². The van der Waals surface area contributed by atoms with Crippen LogP contribution >= 0.6 is 24.0 Å². The Balaban J connectivity index is 0.00000484. The normalized spacial score (nSPS) is 18.5. The molecule has 0 saturated carbocycles. The van der Waals surface area contributed by atoms with Crippen LogP contribution in [0.15, 0.2) is 4.99 Å². The lowest BCUT2D eigenvalue weighted by atomic mass is 10.2. The van der Waals surface area contributed by atoms with E-state index in [0.717, 1.165) is 38.7 Å². The SMILES string of the molecule is CCNC(=NCC1CCCN1C)N(C)CC(=O)N(CC)CC.I. The molecule has 6 nitrogen and oxygen atoms in total. The summed E-state index contributed by atoms with van der Waals surface area (Å²) in [5.74, 6) is 0.972. The first-order valence-corrected chi connectivity index (χ1v) is 8.50. The van der Waals surface area contributed by atoms with Crippen molar-refractivity contribution in [2.45, 2.75) is 39.7 Å². The molecule has 1 rings (SSSR count). The van der Waals surface area contributed by atoms with E-state index in [1.54, 1.807) is 0 Å². The number of hydrogen-bond acceptors (Lipinski definition) is 3. The summed E-state index contributed by atoms with van der Waals surface area (Å²) in [4.78, 5) is 23.1. The molecule has 136 valence electrons. The minimum atomic E-state index is 0. The molecule has 0 aromatic heterocycles. The third-order valence-electron chi connectivity index (χ3n) is 4.31. The predicted molar refractivity (Wildman–Crippen MR) is 108 cm³/mol. The fraction of sp³-hybridized carbons (Fsp3) is 0.875. The first-order chi connectivity index (χ1) is 10.5. The van der Waals surface area contributed by atoms with Crippen molar-refractivity contribution < 1.29 is 4.79 Å². The molecule has 0 spiro atoms. The molecule has 0 bridgehead atoms. The van der Waals surface area contributed by atoms with E-state index in [1.165, 1.54) is 12.8 Å². The van der Waals surface area contributed by atoms with E-state index in [0.29, 0.717) is 12.6 Å². The zero-order valence-corrected chi connectivity index (χ0v) is 17.7. The number of likely N-dealkylation sites (tertiary alicyclic amines) is 1. The Labute approximate surface area is 158 Å². The van der Waals surface area contributed by atoms with E-state index in [1.807, 2.05) is 30.7 Å². The molecule has 1 unspecified atom stereocenters. The zero-order valence-electron chi connectivity index (χ0n) is 15.3. The second-order valence-corrected chi connectivity index (χ2v) is 5.89. The third kappa shape index (κ3) is 7.24. The average molecular weight is 439 g/mol. The molecular weight excluding hydrogens is 405 g/mol. The highest BCUT2D eigenvalue weighted by Gasteiger charge is 2.21. The Hall–Kier alpha value is -0.570. The highest BCUT2D eigenvalue weighted by molar-refractivity contribution is 14.0. The summed E-state index contributed by atoms with van der Waals surface area (Å²) in [6.45, 7) is 10.7. The Morgan fingerprint density at radius 3 is 2.43 bits per heavy atom. The van der Waals surface area contributed by atoms with E-state index in [9.17, 15) is 4.79 Å². The minimum absolute atomic E-state index is 0. The molecule has 1 amide bonds. The van der Waals surface area contributed by atoms with Crippen LogP contribution in [0.1, 0.15) is 33.6 Å². The summed E-state index contributed by atoms with van der Waals surface area (Å²) in [5, 5.41) is 3.29. The highest BCUT2D eigenvalue weighted by Crippen LogP contribution is 2.14. The Morgan fingerprint density at radius 2 is 1.96 bits per heavy atom. The zero-order chi connectivity index (χ0) is 16.5. The molecule has 0 aromatic carbocycles. The average Bonchev–Trinajstić information content (AvgIpc) is 2.90. The van der Waals surface area contributed by atoms with Gasteiger partial charge in [0, 0.05) is 32.7 Å². The molecular formula is C16H34IN5O. The van der Waals surface area contributed by atoms with Gasteiger partial charge in [-0.25, -0.2) is 0 Å². The van der Waals surface area contributed by atoms with Crippen molar-refractivity contribution in [2.24, 2.45) is 4.99 Å². The highest BCUT2D eigenvalue weighted by atomic mass is 127. The summed E-state index contributed by atoms with van der Waals surface area (Å²) in [7, 11) is 4.09. The van der Waals surface area contributed by atoms with Gasteiger partial charge in [-0.05, 0) is 47.2 Å². The lowest BCUT2D eigenvalue weighted by Gasteiger charge is -2.26. The maximum absolute atomic E-state index is 12.2. The lowest BCUT2D eigenvalue weighted by Crippen LogP contribution is -2.46. The van der Waals surface area contributed by atoms with Crippen molar-refractivity contribution in [1.29, 1.82) is 0 Å². The van der Waals surface area contributed by atoms with E-state index < -0.39 is 0 Å². The quantitative estimate of drug-likeness (QED) is 0.371. The predicted octanol–water partition coefficient (Wildman–Crippen LogP) is 1.46. The molecule has 1 heterocycles. The molecule has 23 heavy (non-hydrogen) atoms. The van der Waals surface area contributed by atoms with Crippen molar-refractivity contribution in [3.8, 4) is 0 Å². The van der Waals surface area contributed by atoms with Gasteiger partial charge in [0.2, 0.25) is 5.91 Å². The van der Waals surface area contributed by atoms with E-state index in [4.69, 9.17) is 4.99 Å². The number of carbonyl (C=O) groups excluding carboxylic acids is 1. The number of guanidine groups is 1. The van der Waals surface area contributed by atoms with Crippen LogP contribution in [0.5, 0.6) is 0 Å². The van der Waals surface area contributed by atoms with Crippen LogP contribution in [0.25, 0.3) is 0 Å². The number of amides is 1. The van der Waals surface area contributed by atoms with Crippen molar-refractivity contribution in [3.05, 3.63) is 0 Å². The van der Waals surface area contributed by atoms with Crippen LogP contribution in [-0.2, 0) is 4.79 Å². The molecule has 0 radical (unpaired) electrons. The van der Waals surface area contributed by atoms with Gasteiger partial charge in [-0.15, -0.1) is 24.0 Å². The molecule has 1 saturated heterocycles. The molecule has 0 aromatic rings. The molecule has 1 aliphatic heterocycles. The number of nitrogens with zero attached hydrogens (tertiary/aromatic N) is 4. The largest absolute Gasteiger partial charge is 0.357 e. The minimum Gasteiger partial charge on any atom is -0.357 e. The fourth-order valence-electron chi connectivity index (χ4n) is 2.83. The van der Waals surface area contributed by atoms with Crippen LogP contribution in [-0.4, -0.2) is 86.0 Å². The molecule has 0 aliphatic carbocycles. The number of carbonyl (C=O) groups is 1.